The molecule has 1 atom stereocenters. The zero-order valence-electron chi connectivity index (χ0n) is 17.2. The molecule has 0 radical (unpaired) electrons. The van der Waals surface area contributed by atoms with Crippen molar-refractivity contribution in [1.82, 2.24) is 10.6 Å². The van der Waals surface area contributed by atoms with Crippen LogP contribution in [-0.2, 0) is 19.1 Å². The molecule has 2 N–H and O–H groups in total. The van der Waals surface area contributed by atoms with Gasteiger partial charge >= 0.3 is 36.3 Å². The summed E-state index contributed by atoms with van der Waals surface area (Å²) in [6.07, 6.45) is -26.9. The van der Waals surface area contributed by atoms with Gasteiger partial charge in [0.25, 0.3) is 5.54 Å². The molecular formula is C15H15F12N3O4. The number of ether oxygens (including phenoxy) is 1. The Hall–Kier alpha value is -2.76. The quantitative estimate of drug-likeness (QED) is 0.314. The first kappa shape index (κ1) is 31.2. The van der Waals surface area contributed by atoms with Gasteiger partial charge in [-0.05, 0) is 6.92 Å². The molecule has 0 aliphatic carbocycles. The summed E-state index contributed by atoms with van der Waals surface area (Å²) >= 11 is 0. The van der Waals surface area contributed by atoms with Gasteiger partial charge in [0, 0.05) is 19.6 Å². The summed E-state index contributed by atoms with van der Waals surface area (Å²) in [6, 6.07) is 0. The molecule has 0 spiro atoms. The van der Waals surface area contributed by atoms with Crippen LogP contribution in [0.15, 0.2) is 4.99 Å². The number of nitrogens with one attached hydrogen (secondary N) is 2. The minimum absolute atomic E-state index is 0.0973. The molecule has 2 amide bonds. The third kappa shape index (κ3) is 5.65. The van der Waals surface area contributed by atoms with Crippen LogP contribution in [0.2, 0.25) is 0 Å². The van der Waals surface area contributed by atoms with Crippen LogP contribution in [0, 0.1) is 5.92 Å². The van der Waals surface area contributed by atoms with Crippen LogP contribution in [0.25, 0.3) is 0 Å². The average molecular weight is 529 g/mol. The van der Waals surface area contributed by atoms with Crippen LogP contribution < -0.4 is 10.6 Å². The number of methoxy groups -OCH3 is 1. The number of carbonyl (C=O) groups excluding carboxylic acids is 3. The molecule has 0 fully saturated rings. The van der Waals surface area contributed by atoms with Gasteiger partial charge < -0.3 is 15.4 Å². The first-order valence-electron chi connectivity index (χ1n) is 8.31. The Morgan fingerprint density at radius 3 is 1.26 bits per heavy atom. The maximum Gasteiger partial charge on any atom is 0.441 e. The second-order valence-corrected chi connectivity index (χ2v) is 6.58. The topological polar surface area (TPSA) is 96.9 Å². The van der Waals surface area contributed by atoms with Gasteiger partial charge in [0.15, 0.2) is 0 Å². The lowest BCUT2D eigenvalue weighted by atomic mass is 9.78. The summed E-state index contributed by atoms with van der Waals surface area (Å²) in [6.45, 7) is 0.00561. The highest BCUT2D eigenvalue weighted by Gasteiger charge is 2.78. The minimum atomic E-state index is -6.75. The largest absolute Gasteiger partial charge is 0.468 e. The second kappa shape index (κ2) is 9.47. The number of alkyl halides is 12. The number of aliphatic imine (C=N–C) groups is 1. The van der Waals surface area contributed by atoms with Crippen molar-refractivity contribution in [3.05, 3.63) is 0 Å². The number of esters is 1. The number of hydrogen-bond donors (Lipinski definition) is 2. The average Bonchev–Trinajstić information content (AvgIpc) is 2.55. The molecule has 34 heavy (non-hydrogen) atoms. The van der Waals surface area contributed by atoms with E-state index < -0.39 is 65.3 Å². The smallest absolute Gasteiger partial charge is 0.441 e. The molecule has 0 aromatic heterocycles. The molecule has 0 aromatic rings. The van der Waals surface area contributed by atoms with Crippen LogP contribution in [-0.4, -0.2) is 66.5 Å². The van der Waals surface area contributed by atoms with Gasteiger partial charge in [-0.25, -0.2) is 4.99 Å². The van der Waals surface area contributed by atoms with Gasteiger partial charge in [-0.15, -0.1) is 0 Å². The third-order valence-electron chi connectivity index (χ3n) is 4.08. The fourth-order valence-electron chi connectivity index (χ4n) is 2.80. The highest BCUT2D eigenvalue weighted by atomic mass is 19.4. The summed E-state index contributed by atoms with van der Waals surface area (Å²) in [4.78, 5) is 36.2. The van der Waals surface area contributed by atoms with E-state index in [2.05, 4.69) is 4.74 Å². The van der Waals surface area contributed by atoms with E-state index in [1.807, 2.05) is 4.99 Å². The molecule has 198 valence electrons. The molecule has 0 aliphatic heterocycles. The van der Waals surface area contributed by atoms with Crippen LogP contribution in [0.3, 0.4) is 0 Å². The zero-order chi connectivity index (χ0) is 27.7. The second-order valence-electron chi connectivity index (χ2n) is 6.58. The lowest BCUT2D eigenvalue weighted by Gasteiger charge is -2.42. The lowest BCUT2D eigenvalue weighted by Crippen LogP contribution is -2.74. The van der Waals surface area contributed by atoms with Crippen molar-refractivity contribution in [1.29, 1.82) is 0 Å². The Morgan fingerprint density at radius 2 is 1.03 bits per heavy atom. The maximum atomic E-state index is 13.7. The van der Waals surface area contributed by atoms with Crippen molar-refractivity contribution in [2.24, 2.45) is 10.9 Å². The van der Waals surface area contributed by atoms with E-state index in [4.69, 9.17) is 0 Å². The van der Waals surface area contributed by atoms with Gasteiger partial charge in [-0.1, -0.05) is 0 Å². The molecule has 0 unspecified atom stereocenters. The summed E-state index contributed by atoms with van der Waals surface area (Å²) < 4.78 is 167. The molecule has 0 rings (SSSR count). The predicted octanol–water partition coefficient (Wildman–Crippen LogP) is 3.19. The number of hydrogen-bond acceptors (Lipinski definition) is 5. The van der Waals surface area contributed by atoms with Crippen molar-refractivity contribution < 1.29 is 71.8 Å². The van der Waals surface area contributed by atoms with E-state index >= 15 is 0 Å². The van der Waals surface area contributed by atoms with Crippen molar-refractivity contribution in [3.63, 3.8) is 0 Å². The highest BCUT2D eigenvalue weighted by molar-refractivity contribution is 6.03. The third-order valence-corrected chi connectivity index (χ3v) is 4.08. The van der Waals surface area contributed by atoms with Crippen molar-refractivity contribution in [2.75, 3.05) is 7.11 Å². The molecule has 0 aromatic carbocycles. The van der Waals surface area contributed by atoms with Crippen LogP contribution >= 0.6 is 0 Å². The lowest BCUT2D eigenvalue weighted by molar-refractivity contribution is -0.314. The molecule has 19 heteroatoms. The maximum absolute atomic E-state index is 13.7. The van der Waals surface area contributed by atoms with Crippen molar-refractivity contribution >= 4 is 23.5 Å². The summed E-state index contributed by atoms with van der Waals surface area (Å²) in [5.74, 6) is -11.0. The Morgan fingerprint density at radius 1 is 0.676 bits per heavy atom. The van der Waals surface area contributed by atoms with E-state index in [1.165, 1.54) is 0 Å². The van der Waals surface area contributed by atoms with Crippen LogP contribution in [0.1, 0.15) is 20.8 Å². The Labute approximate surface area is 181 Å². The van der Waals surface area contributed by atoms with Gasteiger partial charge in [0.1, 0.15) is 5.92 Å². The van der Waals surface area contributed by atoms with Gasteiger partial charge in [0.2, 0.25) is 11.8 Å². The monoisotopic (exact) mass is 529 g/mol. The van der Waals surface area contributed by atoms with E-state index in [0.29, 0.717) is 10.6 Å². The molecule has 0 heterocycles. The van der Waals surface area contributed by atoms with Gasteiger partial charge in [-0.3, -0.25) is 14.4 Å². The predicted molar refractivity (Wildman–Crippen MR) is 85.9 cm³/mol. The summed E-state index contributed by atoms with van der Waals surface area (Å²) in [7, 11) is 0.169. The Balaban J connectivity index is 7.79. The van der Waals surface area contributed by atoms with E-state index in [0.717, 1.165) is 0 Å². The molecule has 0 saturated carbocycles. The number of nitrogens with zero attached hydrogens (tertiary/aromatic N) is 1. The molecule has 7 nitrogen and oxygen atoms in total. The molecule has 0 bridgehead atoms. The number of carbonyl (C=O) groups is 3. The van der Waals surface area contributed by atoms with Crippen molar-refractivity contribution in [2.45, 2.75) is 56.7 Å². The van der Waals surface area contributed by atoms with E-state index in [1.54, 1.807) is 0 Å². The standard InChI is InChI=1S/C15H15F12N3O4/c1-5(28-11(14(22,23)24,15(25,26)27)30-7(3)32)8(9(33)34-4)10(12(16,17)18,13(19,20)21)29-6(2)31/h8H,1-4H3,(H,29,31)(H,30,32)/t8-/m1/s1. The van der Waals surface area contributed by atoms with Gasteiger partial charge in [-0.2, -0.15) is 52.7 Å². The number of halogens is 12. The summed E-state index contributed by atoms with van der Waals surface area (Å²) in [5, 5.41) is 0.660. The van der Waals surface area contributed by atoms with E-state index in [-0.39, 0.29) is 27.9 Å². The van der Waals surface area contributed by atoms with Gasteiger partial charge in [0.05, 0.1) is 7.11 Å². The molecule has 0 saturated heterocycles. The minimum Gasteiger partial charge on any atom is -0.468 e. The van der Waals surface area contributed by atoms with E-state index in [9.17, 15) is 67.1 Å². The first-order valence-corrected chi connectivity index (χ1v) is 8.31. The Kier molecular flexibility index (Phi) is 8.70. The number of amides is 2. The van der Waals surface area contributed by atoms with Crippen LogP contribution in [0.4, 0.5) is 52.7 Å². The fourth-order valence-corrected chi connectivity index (χ4v) is 2.80. The summed E-state index contributed by atoms with van der Waals surface area (Å²) in [5.41, 5.74) is -14.0. The normalized spacial score (nSPS) is 15.5. The highest BCUT2D eigenvalue weighted by Crippen LogP contribution is 2.50. The fraction of sp³-hybridized carbons (Fsp3) is 0.733. The van der Waals surface area contributed by atoms with Crippen molar-refractivity contribution in [3.8, 4) is 0 Å². The van der Waals surface area contributed by atoms with Crippen LogP contribution in [0.5, 0.6) is 0 Å². The Bertz CT molecular complexity index is 798. The SMILES string of the molecule is COC(=O)[C@@H](C(C)=NC(NC(C)=O)(C(F)(F)F)C(F)(F)F)C(NC(C)=O)(C(F)(F)F)C(F)(F)F. The molecule has 0 aliphatic rings. The zero-order valence-corrected chi connectivity index (χ0v) is 17.2. The number of rotatable bonds is 6. The molecular weight excluding hydrogens is 514 g/mol. The first-order chi connectivity index (χ1) is 14.8.